The van der Waals surface area contributed by atoms with E-state index < -0.39 is 0 Å². The number of nitrogens with one attached hydrogen (secondary N) is 1. The van der Waals surface area contributed by atoms with Gasteiger partial charge in [-0.15, -0.1) is 11.3 Å². The van der Waals surface area contributed by atoms with Crippen LogP contribution in [0, 0.1) is 0 Å². The number of carbonyl (C=O) groups excluding carboxylic acids is 1. The number of amides is 1. The number of para-hydroxylation sites is 1. The molecule has 0 saturated carbocycles. The lowest BCUT2D eigenvalue weighted by Crippen LogP contribution is -2.14. The van der Waals surface area contributed by atoms with Gasteiger partial charge in [0.25, 0.3) is 5.91 Å². The van der Waals surface area contributed by atoms with Crippen molar-refractivity contribution in [3.63, 3.8) is 0 Å². The van der Waals surface area contributed by atoms with E-state index in [1.165, 1.54) is 11.3 Å². The number of methoxy groups -OCH3 is 1. The summed E-state index contributed by atoms with van der Waals surface area (Å²) in [6, 6.07) is 7.13. The Hall–Kier alpha value is -1.92. The number of hydrogen-bond donors (Lipinski definition) is 1. The van der Waals surface area contributed by atoms with Crippen LogP contribution in [0.2, 0.25) is 0 Å². The van der Waals surface area contributed by atoms with E-state index in [1.807, 2.05) is 6.07 Å². The maximum Gasteiger partial charge on any atom is 0.261 e. The molecule has 0 aliphatic heterocycles. The lowest BCUT2D eigenvalue weighted by molar-refractivity contribution is 0.101. The minimum absolute atomic E-state index is 0.222. The fourth-order valence-corrected chi connectivity index (χ4v) is 2.46. The van der Waals surface area contributed by atoms with Crippen molar-refractivity contribution < 1.29 is 14.3 Å². The van der Waals surface area contributed by atoms with Gasteiger partial charge in [-0.3, -0.25) is 10.1 Å². The van der Waals surface area contributed by atoms with Gasteiger partial charge >= 0.3 is 0 Å². The molecule has 0 aliphatic rings. The number of aryl methyl sites for hydroxylation is 1. The van der Waals surface area contributed by atoms with E-state index in [9.17, 15) is 4.79 Å². The van der Waals surface area contributed by atoms with Gasteiger partial charge in [0.1, 0.15) is 12.4 Å². The second kappa shape index (κ2) is 7.75. The molecule has 2 rings (SSSR count). The highest BCUT2D eigenvalue weighted by molar-refractivity contribution is 7.15. The third-order valence-corrected chi connectivity index (χ3v) is 3.86. The fourth-order valence-electron chi connectivity index (χ4n) is 1.71. The molecular weight excluding hydrogens is 288 g/mol. The fraction of sp³-hybridized carbons (Fsp3) is 0.333. The van der Waals surface area contributed by atoms with E-state index in [1.54, 1.807) is 31.5 Å². The van der Waals surface area contributed by atoms with Crippen molar-refractivity contribution in [2.45, 2.75) is 13.3 Å². The molecule has 0 saturated heterocycles. The van der Waals surface area contributed by atoms with Crippen LogP contribution >= 0.6 is 11.3 Å². The van der Waals surface area contributed by atoms with Gasteiger partial charge in [-0.25, -0.2) is 4.98 Å². The summed E-state index contributed by atoms with van der Waals surface area (Å²) in [4.78, 5) is 17.6. The lowest BCUT2D eigenvalue weighted by Gasteiger charge is -2.10. The normalized spacial score (nSPS) is 10.4. The van der Waals surface area contributed by atoms with Crippen molar-refractivity contribution in [1.29, 1.82) is 0 Å². The van der Waals surface area contributed by atoms with E-state index in [0.717, 1.165) is 11.3 Å². The maximum absolute atomic E-state index is 12.3. The van der Waals surface area contributed by atoms with Gasteiger partial charge in [0.15, 0.2) is 5.13 Å². The summed E-state index contributed by atoms with van der Waals surface area (Å²) in [6.45, 7) is 2.93. The molecule has 0 radical (unpaired) electrons. The summed E-state index contributed by atoms with van der Waals surface area (Å²) in [5.74, 6) is 0.319. The molecule has 112 valence electrons. The van der Waals surface area contributed by atoms with Crippen molar-refractivity contribution in [3.05, 3.63) is 40.9 Å². The van der Waals surface area contributed by atoms with E-state index >= 15 is 0 Å². The molecule has 2 aromatic rings. The minimum atomic E-state index is -0.222. The Labute approximate surface area is 127 Å². The summed E-state index contributed by atoms with van der Waals surface area (Å²) in [5, 5.41) is 3.40. The number of hydrogen-bond acceptors (Lipinski definition) is 5. The van der Waals surface area contributed by atoms with Gasteiger partial charge in [0, 0.05) is 18.2 Å². The Balaban J connectivity index is 2.07. The molecule has 0 unspecified atom stereocenters. The Bertz CT molecular complexity index is 598. The summed E-state index contributed by atoms with van der Waals surface area (Å²) in [5.41, 5.74) is 0.488. The van der Waals surface area contributed by atoms with Gasteiger partial charge in [0.05, 0.1) is 12.2 Å². The SMILES string of the molecule is CCc1cnc(NC(=O)c2ccccc2OCCOC)s1. The molecule has 1 amide bonds. The molecular formula is C15H18N2O3S. The first-order chi connectivity index (χ1) is 10.2. The molecule has 0 aliphatic carbocycles. The topological polar surface area (TPSA) is 60.5 Å². The third-order valence-electron chi connectivity index (χ3n) is 2.80. The highest BCUT2D eigenvalue weighted by atomic mass is 32.1. The third kappa shape index (κ3) is 4.27. The molecule has 5 nitrogen and oxygen atoms in total. The van der Waals surface area contributed by atoms with Crippen LogP contribution in [0.1, 0.15) is 22.2 Å². The smallest absolute Gasteiger partial charge is 0.261 e. The van der Waals surface area contributed by atoms with Crippen LogP contribution in [0.5, 0.6) is 5.75 Å². The molecule has 1 aromatic heterocycles. The van der Waals surface area contributed by atoms with Crippen molar-refractivity contribution in [1.82, 2.24) is 4.98 Å². The van der Waals surface area contributed by atoms with Gasteiger partial charge in [-0.1, -0.05) is 19.1 Å². The molecule has 0 spiro atoms. The monoisotopic (exact) mass is 306 g/mol. The molecule has 1 aromatic carbocycles. The van der Waals surface area contributed by atoms with Crippen LogP contribution in [0.3, 0.4) is 0 Å². The molecule has 0 bridgehead atoms. The number of benzene rings is 1. The van der Waals surface area contributed by atoms with Crippen LogP contribution in [-0.2, 0) is 11.2 Å². The number of nitrogens with zero attached hydrogens (tertiary/aromatic N) is 1. The standard InChI is InChI=1S/C15H18N2O3S/c1-3-11-10-16-15(21-11)17-14(18)12-6-4-5-7-13(12)20-9-8-19-2/h4-7,10H,3,8-9H2,1-2H3,(H,16,17,18). The number of ether oxygens (including phenoxy) is 2. The van der Waals surface area contributed by atoms with Crippen LogP contribution in [0.25, 0.3) is 0 Å². The van der Waals surface area contributed by atoms with E-state index in [2.05, 4.69) is 17.2 Å². The van der Waals surface area contributed by atoms with Crippen molar-refractivity contribution in [2.24, 2.45) is 0 Å². The molecule has 1 N–H and O–H groups in total. The first-order valence-electron chi connectivity index (χ1n) is 6.71. The highest BCUT2D eigenvalue weighted by Crippen LogP contribution is 2.22. The Kier molecular flexibility index (Phi) is 5.71. The Morgan fingerprint density at radius 1 is 1.33 bits per heavy atom. The van der Waals surface area contributed by atoms with Crippen molar-refractivity contribution in [2.75, 3.05) is 25.6 Å². The summed E-state index contributed by atoms with van der Waals surface area (Å²) in [6.07, 6.45) is 2.69. The van der Waals surface area contributed by atoms with Crippen LogP contribution in [0.4, 0.5) is 5.13 Å². The summed E-state index contributed by atoms with van der Waals surface area (Å²) >= 11 is 1.48. The summed E-state index contributed by atoms with van der Waals surface area (Å²) < 4.78 is 10.5. The number of thiazole rings is 1. The first kappa shape index (κ1) is 15.5. The van der Waals surface area contributed by atoms with Crippen LogP contribution in [0.15, 0.2) is 30.5 Å². The predicted octanol–water partition coefficient (Wildman–Crippen LogP) is 2.98. The number of anilines is 1. The highest BCUT2D eigenvalue weighted by Gasteiger charge is 2.13. The van der Waals surface area contributed by atoms with E-state index in [0.29, 0.717) is 29.7 Å². The zero-order valence-electron chi connectivity index (χ0n) is 12.1. The predicted molar refractivity (Wildman–Crippen MR) is 83.3 cm³/mol. The zero-order chi connectivity index (χ0) is 15.1. The largest absolute Gasteiger partial charge is 0.490 e. The van der Waals surface area contributed by atoms with Crippen LogP contribution < -0.4 is 10.1 Å². The van der Waals surface area contributed by atoms with E-state index in [-0.39, 0.29) is 5.91 Å². The lowest BCUT2D eigenvalue weighted by atomic mass is 10.2. The minimum Gasteiger partial charge on any atom is -0.490 e. The molecule has 21 heavy (non-hydrogen) atoms. The van der Waals surface area contributed by atoms with E-state index in [4.69, 9.17) is 9.47 Å². The second-order valence-electron chi connectivity index (χ2n) is 4.28. The molecule has 0 fully saturated rings. The second-order valence-corrected chi connectivity index (χ2v) is 5.39. The van der Waals surface area contributed by atoms with Gasteiger partial charge in [0.2, 0.25) is 0 Å². The van der Waals surface area contributed by atoms with Gasteiger partial charge < -0.3 is 9.47 Å². The molecule has 1 heterocycles. The zero-order valence-corrected chi connectivity index (χ0v) is 12.9. The maximum atomic E-state index is 12.3. The number of rotatable bonds is 7. The summed E-state index contributed by atoms with van der Waals surface area (Å²) in [7, 11) is 1.61. The first-order valence-corrected chi connectivity index (χ1v) is 7.53. The van der Waals surface area contributed by atoms with Gasteiger partial charge in [-0.2, -0.15) is 0 Å². The quantitative estimate of drug-likeness (QED) is 0.799. The molecule has 6 heteroatoms. The average Bonchev–Trinajstić information content (AvgIpc) is 2.95. The van der Waals surface area contributed by atoms with Crippen molar-refractivity contribution in [3.8, 4) is 5.75 Å². The van der Waals surface area contributed by atoms with Crippen LogP contribution in [-0.4, -0.2) is 31.2 Å². The Morgan fingerprint density at radius 3 is 2.86 bits per heavy atom. The number of aromatic nitrogens is 1. The average molecular weight is 306 g/mol. The number of carbonyl (C=O) groups is 1. The van der Waals surface area contributed by atoms with Crippen molar-refractivity contribution >= 4 is 22.4 Å². The Morgan fingerprint density at radius 2 is 2.14 bits per heavy atom. The van der Waals surface area contributed by atoms with Gasteiger partial charge in [-0.05, 0) is 18.6 Å². The molecule has 0 atom stereocenters.